The van der Waals surface area contributed by atoms with Crippen molar-refractivity contribution in [2.45, 2.75) is 44.4 Å². The van der Waals surface area contributed by atoms with Crippen LogP contribution in [-0.2, 0) is 19.2 Å². The van der Waals surface area contributed by atoms with Crippen molar-refractivity contribution in [3.63, 3.8) is 0 Å². The van der Waals surface area contributed by atoms with Crippen LogP contribution in [-0.4, -0.2) is 38.5 Å². The van der Waals surface area contributed by atoms with Crippen molar-refractivity contribution in [2.24, 2.45) is 0 Å². The molecule has 1 aliphatic rings. The SMILES string of the molecule is CCCC[N+]1(OS(=O)(=O)c2ccc(C)cc2)CCC(=O)CC1. The summed E-state index contributed by atoms with van der Waals surface area (Å²) in [5.74, 6) is 0.182. The molecule has 0 saturated carbocycles. The zero-order valence-electron chi connectivity index (χ0n) is 13.2. The van der Waals surface area contributed by atoms with Gasteiger partial charge in [-0.3, -0.25) is 4.79 Å². The molecule has 0 atom stereocenters. The van der Waals surface area contributed by atoms with Crippen LogP contribution >= 0.6 is 0 Å². The number of quaternary nitrogens is 1. The van der Waals surface area contributed by atoms with Crippen molar-refractivity contribution in [3.05, 3.63) is 29.8 Å². The molecule has 1 aromatic carbocycles. The first-order valence-corrected chi connectivity index (χ1v) is 9.18. The van der Waals surface area contributed by atoms with E-state index in [0.29, 0.717) is 32.5 Å². The Kier molecular flexibility index (Phi) is 5.36. The van der Waals surface area contributed by atoms with E-state index in [1.165, 1.54) is 0 Å². The fraction of sp³-hybridized carbons (Fsp3) is 0.562. The fourth-order valence-electron chi connectivity index (χ4n) is 2.63. The molecule has 122 valence electrons. The highest BCUT2D eigenvalue weighted by Crippen LogP contribution is 2.25. The van der Waals surface area contributed by atoms with E-state index in [-0.39, 0.29) is 15.3 Å². The van der Waals surface area contributed by atoms with Crippen LogP contribution < -0.4 is 0 Å². The smallest absolute Gasteiger partial charge is 0.299 e. The lowest BCUT2D eigenvalue weighted by Gasteiger charge is -2.36. The van der Waals surface area contributed by atoms with Crippen LogP contribution in [0.15, 0.2) is 29.2 Å². The molecule has 0 N–H and O–H groups in total. The van der Waals surface area contributed by atoms with Gasteiger partial charge >= 0.3 is 10.1 Å². The molecule has 2 rings (SSSR count). The first kappa shape index (κ1) is 17.1. The Morgan fingerprint density at radius 2 is 1.73 bits per heavy atom. The molecule has 0 radical (unpaired) electrons. The van der Waals surface area contributed by atoms with Gasteiger partial charge in [0, 0.05) is 0 Å². The third-order valence-electron chi connectivity index (χ3n) is 4.08. The molecule has 1 fully saturated rings. The van der Waals surface area contributed by atoms with Crippen molar-refractivity contribution >= 4 is 15.9 Å². The lowest BCUT2D eigenvalue weighted by Crippen LogP contribution is -2.54. The lowest BCUT2D eigenvalue weighted by atomic mass is 10.1. The Hall–Kier alpha value is -1.24. The van der Waals surface area contributed by atoms with Crippen LogP contribution in [0, 0.1) is 6.92 Å². The molecule has 1 aromatic rings. The molecule has 0 bridgehead atoms. The Bertz CT molecular complexity index is 612. The van der Waals surface area contributed by atoms with Gasteiger partial charge in [0.25, 0.3) is 0 Å². The van der Waals surface area contributed by atoms with E-state index in [2.05, 4.69) is 6.92 Å². The number of benzene rings is 1. The van der Waals surface area contributed by atoms with Gasteiger partial charge in [0.1, 0.15) is 25.4 Å². The van der Waals surface area contributed by atoms with Gasteiger partial charge in [0.2, 0.25) is 0 Å². The average Bonchev–Trinajstić information content (AvgIpc) is 2.48. The summed E-state index contributed by atoms with van der Waals surface area (Å²) in [6, 6.07) is 6.64. The number of nitrogens with zero attached hydrogens (tertiary/aromatic N) is 1. The highest BCUT2D eigenvalue weighted by atomic mass is 32.2. The maximum absolute atomic E-state index is 12.5. The number of hydroxylamine groups is 3. The number of hydrogen-bond acceptors (Lipinski definition) is 4. The number of carbonyl (C=O) groups excluding carboxylic acids is 1. The molecule has 0 aromatic heterocycles. The molecule has 0 spiro atoms. The van der Waals surface area contributed by atoms with E-state index >= 15 is 0 Å². The van der Waals surface area contributed by atoms with Crippen molar-refractivity contribution in [2.75, 3.05) is 19.6 Å². The summed E-state index contributed by atoms with van der Waals surface area (Å²) >= 11 is 0. The summed E-state index contributed by atoms with van der Waals surface area (Å²) in [6.45, 7) is 5.45. The quantitative estimate of drug-likeness (QED) is 0.754. The minimum absolute atomic E-state index is 0.0375. The summed E-state index contributed by atoms with van der Waals surface area (Å²) in [5, 5.41) is 0. The Balaban J connectivity index is 2.21. The molecule has 0 amide bonds. The van der Waals surface area contributed by atoms with Crippen LogP contribution in [0.2, 0.25) is 0 Å². The maximum atomic E-state index is 12.5. The minimum Gasteiger partial charge on any atom is -0.299 e. The van der Waals surface area contributed by atoms with E-state index < -0.39 is 10.1 Å². The van der Waals surface area contributed by atoms with Crippen molar-refractivity contribution in [1.29, 1.82) is 0 Å². The van der Waals surface area contributed by atoms with Gasteiger partial charge in [-0.15, -0.1) is 0 Å². The van der Waals surface area contributed by atoms with Crippen LogP contribution in [0.1, 0.15) is 38.2 Å². The molecule has 22 heavy (non-hydrogen) atoms. The van der Waals surface area contributed by atoms with Crippen LogP contribution in [0.5, 0.6) is 0 Å². The summed E-state index contributed by atoms with van der Waals surface area (Å²) in [6.07, 6.45) is 2.60. The second-order valence-electron chi connectivity index (χ2n) is 5.96. The van der Waals surface area contributed by atoms with Gasteiger partial charge in [-0.1, -0.05) is 35.3 Å². The summed E-state index contributed by atoms with van der Waals surface area (Å²) in [5.41, 5.74) is 0.998. The number of likely N-dealkylation sites (tertiary alicyclic amines) is 1. The van der Waals surface area contributed by atoms with Gasteiger partial charge in [-0.2, -0.15) is 13.1 Å². The fourth-order valence-corrected chi connectivity index (χ4v) is 3.83. The Morgan fingerprint density at radius 1 is 1.14 bits per heavy atom. The van der Waals surface area contributed by atoms with Crippen LogP contribution in [0.3, 0.4) is 0 Å². The summed E-state index contributed by atoms with van der Waals surface area (Å²) in [7, 11) is -3.82. The molecule has 6 heteroatoms. The molecule has 1 aliphatic heterocycles. The predicted molar refractivity (Wildman–Crippen MR) is 83.5 cm³/mol. The third kappa shape index (κ3) is 4.15. The first-order valence-electron chi connectivity index (χ1n) is 7.78. The standard InChI is InChI=1S/C16H24NO4S/c1-3-4-11-17(12-9-15(18)10-13-17)21-22(19,20)16-7-5-14(2)6-8-16/h5-8H,3-4,9-13H2,1-2H3/q+1. The number of ketones is 1. The van der Waals surface area contributed by atoms with Gasteiger partial charge in [0.05, 0.1) is 17.7 Å². The lowest BCUT2D eigenvalue weighted by molar-refractivity contribution is -1.08. The van der Waals surface area contributed by atoms with Gasteiger partial charge in [0.15, 0.2) is 0 Å². The number of hydrogen-bond donors (Lipinski definition) is 0. The van der Waals surface area contributed by atoms with Crippen molar-refractivity contribution in [3.8, 4) is 0 Å². The van der Waals surface area contributed by atoms with Crippen LogP contribution in [0.4, 0.5) is 0 Å². The zero-order valence-corrected chi connectivity index (χ0v) is 14.1. The zero-order chi connectivity index (χ0) is 16.2. The summed E-state index contributed by atoms with van der Waals surface area (Å²) in [4.78, 5) is 11.7. The highest BCUT2D eigenvalue weighted by molar-refractivity contribution is 7.86. The van der Waals surface area contributed by atoms with Crippen LogP contribution in [0.25, 0.3) is 0 Å². The van der Waals surface area contributed by atoms with Crippen molar-refractivity contribution < 1.29 is 22.1 Å². The normalized spacial score (nSPS) is 18.4. The third-order valence-corrected chi connectivity index (χ3v) is 5.44. The number of Topliss-reactive ketones (excluding diaryl/α,β-unsaturated/α-hetero) is 1. The van der Waals surface area contributed by atoms with E-state index in [9.17, 15) is 13.2 Å². The van der Waals surface area contributed by atoms with Gasteiger partial charge < -0.3 is 0 Å². The maximum Gasteiger partial charge on any atom is 0.342 e. The Labute approximate surface area is 132 Å². The minimum atomic E-state index is -3.82. The monoisotopic (exact) mass is 326 g/mol. The predicted octanol–water partition coefficient (Wildman–Crippen LogP) is 2.60. The van der Waals surface area contributed by atoms with Crippen molar-refractivity contribution in [1.82, 2.24) is 0 Å². The number of piperidine rings is 1. The molecule has 5 nitrogen and oxygen atoms in total. The number of carbonyl (C=O) groups is 1. The van der Waals surface area contributed by atoms with Gasteiger partial charge in [-0.25, -0.2) is 0 Å². The molecule has 0 unspecified atom stereocenters. The molecule has 0 aliphatic carbocycles. The van der Waals surface area contributed by atoms with Gasteiger partial charge in [-0.05, 0) is 25.5 Å². The van der Waals surface area contributed by atoms with E-state index in [4.69, 9.17) is 4.28 Å². The molecular weight excluding hydrogens is 302 g/mol. The molecular formula is C16H24NO4S+. The molecule has 1 heterocycles. The second-order valence-corrected chi connectivity index (χ2v) is 7.49. The largest absolute Gasteiger partial charge is 0.342 e. The number of rotatable bonds is 6. The average molecular weight is 326 g/mol. The Morgan fingerprint density at radius 3 is 2.27 bits per heavy atom. The first-order chi connectivity index (χ1) is 10.4. The highest BCUT2D eigenvalue weighted by Gasteiger charge is 2.40. The van der Waals surface area contributed by atoms with E-state index in [1.54, 1.807) is 24.3 Å². The number of aryl methyl sites for hydroxylation is 1. The number of unbranched alkanes of at least 4 members (excludes halogenated alkanes) is 1. The summed E-state index contributed by atoms with van der Waals surface area (Å²) < 4.78 is 30.7. The van der Waals surface area contributed by atoms with E-state index in [1.807, 2.05) is 6.92 Å². The second kappa shape index (κ2) is 6.89. The molecule has 1 saturated heterocycles. The van der Waals surface area contributed by atoms with E-state index in [0.717, 1.165) is 18.4 Å². The topological polar surface area (TPSA) is 60.4 Å².